The van der Waals surface area contributed by atoms with E-state index in [1.807, 2.05) is 24.3 Å². The molecule has 21 heavy (non-hydrogen) atoms. The monoisotopic (exact) mass is 287 g/mol. The molecule has 0 radical (unpaired) electrons. The van der Waals surface area contributed by atoms with Crippen LogP contribution in [0.2, 0.25) is 0 Å². The fourth-order valence-corrected chi connectivity index (χ4v) is 2.07. The molecule has 5 heteroatoms. The predicted molar refractivity (Wildman–Crippen MR) is 77.9 cm³/mol. The molecule has 1 atom stereocenters. The Morgan fingerprint density at radius 1 is 1.19 bits per heavy atom. The standard InChI is InChI=1S/C16H17NO4/c1-20-12-5-3-4-11(8-12)9-14(16(18)19)15-7-6-13(21-2)10-17-15/h3-8,10,14H,9H2,1-2H3,(H,18,19). The predicted octanol–water partition coefficient (Wildman–Crippen LogP) is 2.51. The molecule has 1 heterocycles. The molecule has 1 aromatic carbocycles. The van der Waals surface area contributed by atoms with E-state index in [2.05, 4.69) is 4.98 Å². The van der Waals surface area contributed by atoms with Crippen LogP contribution in [-0.4, -0.2) is 30.3 Å². The summed E-state index contributed by atoms with van der Waals surface area (Å²) in [4.78, 5) is 15.7. The number of pyridine rings is 1. The van der Waals surface area contributed by atoms with Crippen molar-refractivity contribution in [2.75, 3.05) is 14.2 Å². The Hall–Kier alpha value is -2.56. The zero-order chi connectivity index (χ0) is 15.2. The lowest BCUT2D eigenvalue weighted by Crippen LogP contribution is -2.15. The lowest BCUT2D eigenvalue weighted by Gasteiger charge is -2.13. The van der Waals surface area contributed by atoms with Gasteiger partial charge in [0.2, 0.25) is 0 Å². The third-order valence-corrected chi connectivity index (χ3v) is 3.22. The number of aromatic nitrogens is 1. The van der Waals surface area contributed by atoms with Crippen LogP contribution in [0.1, 0.15) is 17.2 Å². The topological polar surface area (TPSA) is 68.7 Å². The fraction of sp³-hybridized carbons (Fsp3) is 0.250. The molecule has 1 N–H and O–H groups in total. The Morgan fingerprint density at radius 2 is 1.95 bits per heavy atom. The zero-order valence-corrected chi connectivity index (χ0v) is 11.9. The van der Waals surface area contributed by atoms with Gasteiger partial charge in [0.1, 0.15) is 17.4 Å². The molecule has 1 aromatic heterocycles. The minimum atomic E-state index is -0.907. The quantitative estimate of drug-likeness (QED) is 0.884. The van der Waals surface area contributed by atoms with E-state index in [0.717, 1.165) is 5.56 Å². The Balaban J connectivity index is 2.23. The van der Waals surface area contributed by atoms with Crippen molar-refractivity contribution >= 4 is 5.97 Å². The van der Waals surface area contributed by atoms with Crippen LogP contribution in [0.5, 0.6) is 11.5 Å². The average Bonchev–Trinajstić information content (AvgIpc) is 2.52. The van der Waals surface area contributed by atoms with Crippen LogP contribution >= 0.6 is 0 Å². The highest BCUT2D eigenvalue weighted by Gasteiger charge is 2.22. The van der Waals surface area contributed by atoms with Gasteiger partial charge in [0.05, 0.1) is 26.1 Å². The van der Waals surface area contributed by atoms with Gasteiger partial charge in [-0.25, -0.2) is 0 Å². The molecular formula is C16H17NO4. The van der Waals surface area contributed by atoms with E-state index in [1.54, 1.807) is 26.4 Å². The molecule has 0 aliphatic carbocycles. The van der Waals surface area contributed by atoms with Crippen molar-refractivity contribution < 1.29 is 19.4 Å². The summed E-state index contributed by atoms with van der Waals surface area (Å²) in [5.74, 6) is -0.304. The summed E-state index contributed by atoms with van der Waals surface area (Å²) in [5, 5.41) is 9.44. The van der Waals surface area contributed by atoms with Crippen molar-refractivity contribution in [3.8, 4) is 11.5 Å². The number of methoxy groups -OCH3 is 2. The summed E-state index contributed by atoms with van der Waals surface area (Å²) in [7, 11) is 3.13. The van der Waals surface area contributed by atoms with Crippen LogP contribution < -0.4 is 9.47 Å². The van der Waals surface area contributed by atoms with E-state index in [4.69, 9.17) is 9.47 Å². The van der Waals surface area contributed by atoms with Crippen molar-refractivity contribution in [2.24, 2.45) is 0 Å². The number of benzene rings is 1. The number of nitrogens with zero attached hydrogens (tertiary/aromatic N) is 1. The molecule has 0 spiro atoms. The maximum atomic E-state index is 11.5. The first-order valence-electron chi connectivity index (χ1n) is 6.49. The molecule has 110 valence electrons. The highest BCUT2D eigenvalue weighted by atomic mass is 16.5. The Kier molecular flexibility index (Phi) is 4.77. The smallest absolute Gasteiger partial charge is 0.312 e. The largest absolute Gasteiger partial charge is 0.497 e. The minimum absolute atomic E-state index is 0.353. The van der Waals surface area contributed by atoms with Gasteiger partial charge < -0.3 is 14.6 Å². The SMILES string of the molecule is COc1ccc(C(Cc2cccc(OC)c2)C(=O)O)nc1. The number of hydrogen-bond acceptors (Lipinski definition) is 4. The van der Waals surface area contributed by atoms with Crippen LogP contribution in [0, 0.1) is 0 Å². The highest BCUT2D eigenvalue weighted by Crippen LogP contribution is 2.23. The Morgan fingerprint density at radius 3 is 2.52 bits per heavy atom. The van der Waals surface area contributed by atoms with E-state index in [-0.39, 0.29) is 0 Å². The highest BCUT2D eigenvalue weighted by molar-refractivity contribution is 5.76. The van der Waals surface area contributed by atoms with E-state index in [9.17, 15) is 9.90 Å². The first-order chi connectivity index (χ1) is 10.1. The molecule has 0 aliphatic rings. The Bertz CT molecular complexity index is 610. The number of carboxylic acids is 1. The van der Waals surface area contributed by atoms with E-state index >= 15 is 0 Å². The summed E-state index contributed by atoms with van der Waals surface area (Å²) in [6, 6.07) is 10.8. The number of ether oxygens (including phenoxy) is 2. The van der Waals surface area contributed by atoms with Gasteiger partial charge in [-0.05, 0) is 36.2 Å². The van der Waals surface area contributed by atoms with Gasteiger partial charge >= 0.3 is 5.97 Å². The van der Waals surface area contributed by atoms with E-state index < -0.39 is 11.9 Å². The van der Waals surface area contributed by atoms with Crippen molar-refractivity contribution in [2.45, 2.75) is 12.3 Å². The van der Waals surface area contributed by atoms with Crippen LogP contribution in [0.3, 0.4) is 0 Å². The van der Waals surface area contributed by atoms with Gasteiger partial charge in [0.15, 0.2) is 0 Å². The molecule has 0 saturated heterocycles. The van der Waals surface area contributed by atoms with Gasteiger partial charge in [-0.15, -0.1) is 0 Å². The van der Waals surface area contributed by atoms with Gasteiger partial charge in [-0.3, -0.25) is 9.78 Å². The van der Waals surface area contributed by atoms with Crippen LogP contribution in [-0.2, 0) is 11.2 Å². The van der Waals surface area contributed by atoms with Gasteiger partial charge in [0.25, 0.3) is 0 Å². The van der Waals surface area contributed by atoms with Gasteiger partial charge in [0, 0.05) is 0 Å². The third-order valence-electron chi connectivity index (χ3n) is 3.22. The second-order valence-corrected chi connectivity index (χ2v) is 4.57. The van der Waals surface area contributed by atoms with Crippen molar-refractivity contribution in [3.63, 3.8) is 0 Å². The molecular weight excluding hydrogens is 270 g/mol. The fourth-order valence-electron chi connectivity index (χ4n) is 2.07. The molecule has 0 fully saturated rings. The average molecular weight is 287 g/mol. The van der Waals surface area contributed by atoms with Crippen molar-refractivity contribution in [1.82, 2.24) is 4.98 Å². The molecule has 2 rings (SSSR count). The number of aliphatic carboxylic acids is 1. The summed E-state index contributed by atoms with van der Waals surface area (Å²) in [6.07, 6.45) is 1.88. The van der Waals surface area contributed by atoms with Gasteiger partial charge in [-0.1, -0.05) is 12.1 Å². The first kappa shape index (κ1) is 14.8. The number of carboxylic acid groups (broad SMARTS) is 1. The molecule has 5 nitrogen and oxygen atoms in total. The van der Waals surface area contributed by atoms with Crippen molar-refractivity contribution in [1.29, 1.82) is 0 Å². The summed E-state index contributed by atoms with van der Waals surface area (Å²) in [5.41, 5.74) is 1.39. The summed E-state index contributed by atoms with van der Waals surface area (Å²) in [6.45, 7) is 0. The van der Waals surface area contributed by atoms with Crippen LogP contribution in [0.25, 0.3) is 0 Å². The number of carbonyl (C=O) groups is 1. The molecule has 0 aliphatic heterocycles. The maximum Gasteiger partial charge on any atom is 0.312 e. The second kappa shape index (κ2) is 6.74. The summed E-state index contributed by atoms with van der Waals surface area (Å²) >= 11 is 0. The summed E-state index contributed by atoms with van der Waals surface area (Å²) < 4.78 is 10.2. The van der Waals surface area contributed by atoms with Crippen LogP contribution in [0.15, 0.2) is 42.6 Å². The minimum Gasteiger partial charge on any atom is -0.497 e. The third kappa shape index (κ3) is 3.72. The number of hydrogen-bond donors (Lipinski definition) is 1. The molecule has 0 amide bonds. The zero-order valence-electron chi connectivity index (χ0n) is 11.9. The molecule has 2 aromatic rings. The first-order valence-corrected chi connectivity index (χ1v) is 6.49. The molecule has 0 saturated carbocycles. The van der Waals surface area contributed by atoms with Crippen molar-refractivity contribution in [3.05, 3.63) is 53.9 Å². The molecule has 0 bridgehead atoms. The van der Waals surface area contributed by atoms with E-state index in [1.165, 1.54) is 6.20 Å². The van der Waals surface area contributed by atoms with E-state index in [0.29, 0.717) is 23.6 Å². The lowest BCUT2D eigenvalue weighted by atomic mass is 9.95. The lowest BCUT2D eigenvalue weighted by molar-refractivity contribution is -0.138. The second-order valence-electron chi connectivity index (χ2n) is 4.57. The number of rotatable bonds is 6. The van der Waals surface area contributed by atoms with Gasteiger partial charge in [-0.2, -0.15) is 0 Å². The normalized spacial score (nSPS) is 11.7. The maximum absolute atomic E-state index is 11.5. The van der Waals surface area contributed by atoms with Crippen LogP contribution in [0.4, 0.5) is 0 Å². The molecule has 1 unspecified atom stereocenters. The Labute approximate surface area is 123 Å².